The smallest absolute Gasteiger partial charge is 0.373 e. The number of ether oxygens (including phenoxy) is 3. The van der Waals surface area contributed by atoms with Gasteiger partial charge < -0.3 is 23.5 Å². The van der Waals surface area contributed by atoms with Gasteiger partial charge in [0.1, 0.15) is 12.4 Å². The Morgan fingerprint density at radius 1 is 1.07 bits per heavy atom. The summed E-state index contributed by atoms with van der Waals surface area (Å²) in [6.07, 6.45) is 0.227. The number of carbonyl (C=O) groups is 2. The molecule has 2 aliphatic heterocycles. The fourth-order valence-corrected chi connectivity index (χ4v) is 3.59. The molecule has 4 rings (SSSR count). The highest BCUT2D eigenvalue weighted by atomic mass is 16.6. The Labute approximate surface area is 168 Å². The van der Waals surface area contributed by atoms with E-state index in [0.29, 0.717) is 43.4 Å². The first-order valence-electron chi connectivity index (χ1n) is 9.70. The molecule has 29 heavy (non-hydrogen) atoms. The van der Waals surface area contributed by atoms with Crippen LogP contribution in [0.3, 0.4) is 0 Å². The van der Waals surface area contributed by atoms with Crippen LogP contribution in [0, 0.1) is 0 Å². The van der Waals surface area contributed by atoms with Gasteiger partial charge in [0.2, 0.25) is 11.9 Å². The summed E-state index contributed by atoms with van der Waals surface area (Å²) >= 11 is 0. The number of amides is 1. The number of methoxy groups -OCH3 is 1. The molecule has 0 N–H and O–H groups in total. The Morgan fingerprint density at radius 2 is 1.90 bits per heavy atom. The van der Waals surface area contributed by atoms with Crippen LogP contribution in [0.2, 0.25) is 0 Å². The number of carbonyl (C=O) groups excluding carboxylic acids is 2. The molecule has 0 aliphatic carbocycles. The zero-order valence-electron chi connectivity index (χ0n) is 16.3. The first kappa shape index (κ1) is 19.3. The average Bonchev–Trinajstić information content (AvgIpc) is 3.10. The minimum atomic E-state index is -0.621. The van der Waals surface area contributed by atoms with Crippen molar-refractivity contribution in [3.63, 3.8) is 0 Å². The van der Waals surface area contributed by atoms with Gasteiger partial charge in [-0.25, -0.2) is 4.79 Å². The Balaban J connectivity index is 1.32. The van der Waals surface area contributed by atoms with Gasteiger partial charge in [0, 0.05) is 26.2 Å². The van der Waals surface area contributed by atoms with Crippen molar-refractivity contribution < 1.29 is 28.2 Å². The minimum absolute atomic E-state index is 0.0488. The van der Waals surface area contributed by atoms with Crippen molar-refractivity contribution in [2.24, 2.45) is 0 Å². The molecule has 0 spiro atoms. The van der Waals surface area contributed by atoms with Crippen molar-refractivity contribution in [3.8, 4) is 11.5 Å². The van der Waals surface area contributed by atoms with Gasteiger partial charge in [0.25, 0.3) is 5.91 Å². The quantitative estimate of drug-likeness (QED) is 0.726. The van der Waals surface area contributed by atoms with E-state index in [1.54, 1.807) is 12.1 Å². The van der Waals surface area contributed by atoms with Gasteiger partial charge in [-0.15, -0.1) is 0 Å². The summed E-state index contributed by atoms with van der Waals surface area (Å²) in [4.78, 5) is 28.5. The zero-order valence-corrected chi connectivity index (χ0v) is 16.3. The predicted octanol–water partition coefficient (Wildman–Crippen LogP) is 1.94. The van der Waals surface area contributed by atoms with Crippen molar-refractivity contribution in [2.45, 2.75) is 19.1 Å². The van der Waals surface area contributed by atoms with E-state index in [9.17, 15) is 9.59 Å². The molecule has 0 radical (unpaired) electrons. The van der Waals surface area contributed by atoms with E-state index in [2.05, 4.69) is 9.64 Å². The standard InChI is InChI=1S/C21H24N2O6/c1-26-21(25)18-8-7-15(28-18)13-22-9-4-10-23(12-11-22)20(24)19-14-27-16-5-2-3-6-17(16)29-19/h2-3,5-8,19H,4,9-14H2,1H3. The molecule has 2 aromatic rings. The number of hydrogen-bond donors (Lipinski definition) is 0. The highest BCUT2D eigenvalue weighted by Gasteiger charge is 2.32. The third-order valence-corrected chi connectivity index (χ3v) is 5.11. The molecule has 1 saturated heterocycles. The van der Waals surface area contributed by atoms with Gasteiger partial charge in [-0.2, -0.15) is 0 Å². The lowest BCUT2D eigenvalue weighted by Gasteiger charge is -2.30. The van der Waals surface area contributed by atoms with E-state index >= 15 is 0 Å². The van der Waals surface area contributed by atoms with Gasteiger partial charge >= 0.3 is 5.97 Å². The van der Waals surface area contributed by atoms with Gasteiger partial charge in [0.15, 0.2) is 11.5 Å². The molecular weight excluding hydrogens is 376 g/mol. The van der Waals surface area contributed by atoms with E-state index in [-0.39, 0.29) is 18.3 Å². The van der Waals surface area contributed by atoms with E-state index in [4.69, 9.17) is 13.9 Å². The average molecular weight is 400 g/mol. The summed E-state index contributed by atoms with van der Waals surface area (Å²) < 4.78 is 21.8. The second kappa shape index (κ2) is 8.57. The predicted molar refractivity (Wildman–Crippen MR) is 103 cm³/mol. The molecule has 0 saturated carbocycles. The molecule has 1 aromatic carbocycles. The topological polar surface area (TPSA) is 81.5 Å². The van der Waals surface area contributed by atoms with Gasteiger partial charge in [-0.1, -0.05) is 12.1 Å². The van der Waals surface area contributed by atoms with Crippen LogP contribution in [0.4, 0.5) is 0 Å². The SMILES string of the molecule is COC(=O)c1ccc(CN2CCCN(C(=O)C3COc4ccccc4O3)CC2)o1. The highest BCUT2D eigenvalue weighted by Crippen LogP contribution is 2.31. The molecule has 154 valence electrons. The number of para-hydroxylation sites is 2. The molecule has 1 aromatic heterocycles. The Hall–Kier alpha value is -3.00. The van der Waals surface area contributed by atoms with Crippen LogP contribution < -0.4 is 9.47 Å². The molecule has 2 aliphatic rings. The fraction of sp³-hybridized carbons (Fsp3) is 0.429. The molecule has 1 atom stereocenters. The van der Waals surface area contributed by atoms with E-state index < -0.39 is 12.1 Å². The van der Waals surface area contributed by atoms with Crippen molar-refractivity contribution in [1.29, 1.82) is 0 Å². The molecule has 3 heterocycles. The third-order valence-electron chi connectivity index (χ3n) is 5.11. The summed E-state index contributed by atoms with van der Waals surface area (Å²) in [5, 5.41) is 0. The number of fused-ring (bicyclic) bond motifs is 1. The fourth-order valence-electron chi connectivity index (χ4n) is 3.59. The summed E-state index contributed by atoms with van der Waals surface area (Å²) in [5.41, 5.74) is 0. The van der Waals surface area contributed by atoms with Crippen LogP contribution in [-0.4, -0.2) is 67.7 Å². The molecule has 8 heteroatoms. The van der Waals surface area contributed by atoms with Crippen LogP contribution >= 0.6 is 0 Å². The maximum absolute atomic E-state index is 12.9. The molecule has 1 unspecified atom stereocenters. The molecule has 1 amide bonds. The first-order valence-corrected chi connectivity index (χ1v) is 9.70. The maximum Gasteiger partial charge on any atom is 0.373 e. The second-order valence-electron chi connectivity index (χ2n) is 7.08. The van der Waals surface area contributed by atoms with Crippen LogP contribution in [0.15, 0.2) is 40.8 Å². The third kappa shape index (κ3) is 4.37. The molecule has 1 fully saturated rings. The largest absolute Gasteiger partial charge is 0.485 e. The van der Waals surface area contributed by atoms with Crippen molar-refractivity contribution in [3.05, 3.63) is 47.9 Å². The maximum atomic E-state index is 12.9. The lowest BCUT2D eigenvalue weighted by Crippen LogP contribution is -2.47. The summed E-state index contributed by atoms with van der Waals surface area (Å²) in [7, 11) is 1.32. The number of rotatable bonds is 4. The van der Waals surface area contributed by atoms with Gasteiger partial charge in [-0.05, 0) is 30.7 Å². The number of esters is 1. The molecular formula is C21H24N2O6. The highest BCUT2D eigenvalue weighted by molar-refractivity contribution is 5.86. The second-order valence-corrected chi connectivity index (χ2v) is 7.08. The lowest BCUT2D eigenvalue weighted by molar-refractivity contribution is -0.141. The van der Waals surface area contributed by atoms with E-state index in [1.165, 1.54) is 7.11 Å². The Kier molecular flexibility index (Phi) is 5.71. The van der Waals surface area contributed by atoms with Gasteiger partial charge in [-0.3, -0.25) is 9.69 Å². The van der Waals surface area contributed by atoms with Crippen molar-refractivity contribution in [2.75, 3.05) is 39.9 Å². The minimum Gasteiger partial charge on any atom is -0.485 e. The van der Waals surface area contributed by atoms with Crippen LogP contribution in [-0.2, 0) is 16.1 Å². The van der Waals surface area contributed by atoms with Crippen LogP contribution in [0.1, 0.15) is 22.7 Å². The zero-order chi connectivity index (χ0) is 20.2. The van der Waals surface area contributed by atoms with E-state index in [1.807, 2.05) is 29.2 Å². The molecule has 8 nitrogen and oxygen atoms in total. The normalized spacial score (nSPS) is 19.5. The lowest BCUT2D eigenvalue weighted by atomic mass is 10.2. The van der Waals surface area contributed by atoms with Crippen molar-refractivity contribution in [1.82, 2.24) is 9.80 Å². The van der Waals surface area contributed by atoms with Gasteiger partial charge in [0.05, 0.1) is 13.7 Å². The molecule has 0 bridgehead atoms. The number of nitrogens with zero attached hydrogens (tertiary/aromatic N) is 2. The Bertz CT molecular complexity index is 880. The van der Waals surface area contributed by atoms with E-state index in [0.717, 1.165) is 13.0 Å². The Morgan fingerprint density at radius 3 is 2.72 bits per heavy atom. The monoisotopic (exact) mass is 400 g/mol. The van der Waals surface area contributed by atoms with Crippen molar-refractivity contribution >= 4 is 11.9 Å². The summed E-state index contributed by atoms with van der Waals surface area (Å²) in [5.74, 6) is 1.64. The van der Waals surface area contributed by atoms with Crippen LogP contribution in [0.25, 0.3) is 0 Å². The summed E-state index contributed by atoms with van der Waals surface area (Å²) in [6.45, 7) is 3.62. The van der Waals surface area contributed by atoms with Crippen LogP contribution in [0.5, 0.6) is 11.5 Å². The number of hydrogen-bond acceptors (Lipinski definition) is 7. The summed E-state index contributed by atoms with van der Waals surface area (Å²) in [6, 6.07) is 10.8. The number of benzene rings is 1. The number of furan rings is 1. The first-order chi connectivity index (χ1) is 14.1.